The van der Waals surface area contributed by atoms with Crippen molar-refractivity contribution in [3.8, 4) is 0 Å². The molecular formula is C35H40O12. The summed E-state index contributed by atoms with van der Waals surface area (Å²) in [5.41, 5.74) is -4.49. The Kier molecular flexibility index (Phi) is 7.16. The number of esters is 5. The highest BCUT2D eigenvalue weighted by molar-refractivity contribution is 5.90. The molecule has 1 aliphatic heterocycles. The summed E-state index contributed by atoms with van der Waals surface area (Å²) in [6.07, 6.45) is 1.44. The van der Waals surface area contributed by atoms with Crippen molar-refractivity contribution in [2.75, 3.05) is 7.11 Å². The first-order chi connectivity index (χ1) is 21.9. The normalized spacial score (nSPS) is 38.2. The number of aliphatic hydroxyl groups is 1. The van der Waals surface area contributed by atoms with Gasteiger partial charge in [0.15, 0.2) is 17.3 Å². The molecular weight excluding hydrogens is 612 g/mol. The molecule has 0 radical (unpaired) electrons. The van der Waals surface area contributed by atoms with Crippen LogP contribution in [0.3, 0.4) is 0 Å². The first kappa shape index (κ1) is 32.6. The van der Waals surface area contributed by atoms with Gasteiger partial charge >= 0.3 is 29.8 Å². The number of cyclic esters (lactones) is 1. The number of furan rings is 1. The molecule has 2 bridgehead atoms. The van der Waals surface area contributed by atoms with Crippen molar-refractivity contribution in [2.45, 2.75) is 97.1 Å². The van der Waals surface area contributed by atoms with E-state index in [1.807, 2.05) is 20.8 Å². The molecule has 0 saturated heterocycles. The summed E-state index contributed by atoms with van der Waals surface area (Å²) >= 11 is 0. The van der Waals surface area contributed by atoms with E-state index in [4.69, 9.17) is 28.1 Å². The first-order valence-corrected chi connectivity index (χ1v) is 15.7. The second-order valence-electron chi connectivity index (χ2n) is 14.3. The Labute approximate surface area is 272 Å². The summed E-state index contributed by atoms with van der Waals surface area (Å²) in [5, 5.41) is 11.6. The van der Waals surface area contributed by atoms with Crippen LogP contribution >= 0.6 is 0 Å². The van der Waals surface area contributed by atoms with Gasteiger partial charge in [0.1, 0.15) is 6.10 Å². The Morgan fingerprint density at radius 2 is 1.77 bits per heavy atom. The summed E-state index contributed by atoms with van der Waals surface area (Å²) in [4.78, 5) is 66.1. The Morgan fingerprint density at radius 3 is 2.34 bits per heavy atom. The van der Waals surface area contributed by atoms with Crippen LogP contribution < -0.4 is 0 Å². The van der Waals surface area contributed by atoms with E-state index in [1.165, 1.54) is 40.4 Å². The lowest BCUT2D eigenvalue weighted by molar-refractivity contribution is -0.276. The number of carbonyl (C=O) groups is 5. The fourth-order valence-corrected chi connectivity index (χ4v) is 10.2. The molecule has 2 saturated carbocycles. The average molecular weight is 653 g/mol. The van der Waals surface area contributed by atoms with Crippen LogP contribution in [-0.4, -0.2) is 59.4 Å². The predicted molar refractivity (Wildman–Crippen MR) is 161 cm³/mol. The third-order valence-electron chi connectivity index (χ3n) is 11.8. The summed E-state index contributed by atoms with van der Waals surface area (Å²) in [7, 11) is 1.27. The quantitative estimate of drug-likeness (QED) is 0.241. The maximum Gasteiger partial charge on any atom is 0.374 e. The van der Waals surface area contributed by atoms with Crippen molar-refractivity contribution >= 4 is 29.8 Å². The number of ether oxygens (including phenoxy) is 5. The van der Waals surface area contributed by atoms with Crippen LogP contribution in [0.4, 0.5) is 0 Å². The minimum absolute atomic E-state index is 0.0813. The number of fused-ring (bicyclic) bond motifs is 4. The van der Waals surface area contributed by atoms with Gasteiger partial charge in [0.2, 0.25) is 5.76 Å². The molecule has 1 N–H and O–H groups in total. The second-order valence-corrected chi connectivity index (χ2v) is 14.3. The van der Waals surface area contributed by atoms with Gasteiger partial charge in [-0.15, -0.1) is 0 Å². The third-order valence-corrected chi connectivity index (χ3v) is 11.8. The van der Waals surface area contributed by atoms with Gasteiger partial charge in [-0.05, 0) is 37.3 Å². The molecule has 8 unspecified atom stereocenters. The zero-order valence-electron chi connectivity index (χ0n) is 27.6. The number of aliphatic hydroxyl groups excluding tert-OH is 1. The third kappa shape index (κ3) is 4.02. The van der Waals surface area contributed by atoms with Crippen LogP contribution in [0.25, 0.3) is 0 Å². The summed E-state index contributed by atoms with van der Waals surface area (Å²) in [5.74, 6) is -4.90. The molecule has 6 rings (SSSR count). The van der Waals surface area contributed by atoms with Gasteiger partial charge < -0.3 is 33.2 Å². The van der Waals surface area contributed by atoms with E-state index in [1.54, 1.807) is 6.07 Å². The maximum atomic E-state index is 13.3. The second kappa shape index (κ2) is 10.3. The van der Waals surface area contributed by atoms with E-state index < -0.39 is 81.2 Å². The molecule has 47 heavy (non-hydrogen) atoms. The average Bonchev–Trinajstić information content (AvgIpc) is 3.63. The minimum Gasteiger partial charge on any atom is -0.502 e. The van der Waals surface area contributed by atoms with E-state index >= 15 is 0 Å². The molecule has 1 aromatic heterocycles. The van der Waals surface area contributed by atoms with Crippen LogP contribution in [0.1, 0.15) is 85.3 Å². The van der Waals surface area contributed by atoms with Crippen LogP contribution in [0.15, 0.2) is 57.6 Å². The van der Waals surface area contributed by atoms with E-state index in [-0.39, 0.29) is 24.8 Å². The van der Waals surface area contributed by atoms with Crippen molar-refractivity contribution in [3.63, 3.8) is 0 Å². The molecule has 0 spiro atoms. The molecule has 4 aliphatic carbocycles. The summed E-state index contributed by atoms with van der Waals surface area (Å²) in [6, 6.07) is 1.69. The standard InChI is InChI=1S/C35H40O12/c1-17(2)28(40)45-30-32(6)16-35(47-19(4)37)33(7,23(32)13-24(38)42-8)22-9-11-31(5)25(21(22)14-34(30,35)46-18(3)36)26(39)29(41)44-27(31)20-10-12-43-15-20/h10,12,15,23,27,30,39H,1,9,11,13-14,16H2,2-8H3. The summed E-state index contributed by atoms with van der Waals surface area (Å²) in [6.45, 7) is 13.3. The highest BCUT2D eigenvalue weighted by atomic mass is 16.6. The molecule has 2 fully saturated rings. The van der Waals surface area contributed by atoms with E-state index in [2.05, 4.69) is 6.58 Å². The van der Waals surface area contributed by atoms with Crippen molar-refractivity contribution in [1.29, 1.82) is 0 Å². The van der Waals surface area contributed by atoms with Crippen molar-refractivity contribution in [1.82, 2.24) is 0 Å². The molecule has 0 amide bonds. The smallest absolute Gasteiger partial charge is 0.374 e. The zero-order valence-corrected chi connectivity index (χ0v) is 27.6. The number of hydrogen-bond acceptors (Lipinski definition) is 12. The summed E-state index contributed by atoms with van der Waals surface area (Å²) < 4.78 is 35.2. The van der Waals surface area contributed by atoms with E-state index in [0.29, 0.717) is 29.6 Å². The number of hydrogen-bond donors (Lipinski definition) is 1. The fourth-order valence-electron chi connectivity index (χ4n) is 10.2. The van der Waals surface area contributed by atoms with Gasteiger partial charge in [-0.2, -0.15) is 0 Å². The maximum absolute atomic E-state index is 13.3. The number of methoxy groups -OCH3 is 1. The monoisotopic (exact) mass is 652 g/mol. The van der Waals surface area contributed by atoms with Crippen molar-refractivity contribution in [3.05, 3.63) is 58.8 Å². The Bertz CT molecular complexity index is 1680. The fraction of sp³-hybridized carbons (Fsp3) is 0.571. The molecule has 5 aliphatic rings. The molecule has 1 aromatic rings. The van der Waals surface area contributed by atoms with E-state index in [0.717, 1.165) is 5.57 Å². The SMILES string of the molecule is C=C(C)C(=O)OC1C2(C)CC3(OC(C)=O)C1(OC(C)=O)CC1=C(CCC4(C)C1=C(O)C(=O)OC4c1ccoc1)C3(C)C2CC(=O)OC. The van der Waals surface area contributed by atoms with Crippen molar-refractivity contribution < 1.29 is 57.2 Å². The lowest BCUT2D eigenvalue weighted by Gasteiger charge is -2.65. The number of carbonyl (C=O) groups excluding carboxylic acids is 5. The molecule has 12 heteroatoms. The molecule has 0 aromatic carbocycles. The van der Waals surface area contributed by atoms with Crippen LogP contribution in [0.2, 0.25) is 0 Å². The number of rotatable bonds is 7. The van der Waals surface area contributed by atoms with Gasteiger partial charge in [0.25, 0.3) is 0 Å². The lowest BCUT2D eigenvalue weighted by Crippen LogP contribution is -2.75. The first-order valence-electron chi connectivity index (χ1n) is 15.7. The topological polar surface area (TPSA) is 165 Å². The van der Waals surface area contributed by atoms with Crippen LogP contribution in [0.5, 0.6) is 0 Å². The van der Waals surface area contributed by atoms with Crippen LogP contribution in [-0.2, 0) is 47.7 Å². The van der Waals surface area contributed by atoms with Gasteiger partial charge in [-0.3, -0.25) is 14.4 Å². The lowest BCUT2D eigenvalue weighted by atomic mass is 9.44. The Balaban J connectivity index is 1.70. The highest BCUT2D eigenvalue weighted by Crippen LogP contribution is 2.81. The van der Waals surface area contributed by atoms with Gasteiger partial charge in [0.05, 0.1) is 19.6 Å². The highest BCUT2D eigenvalue weighted by Gasteiger charge is 2.90. The van der Waals surface area contributed by atoms with E-state index in [9.17, 15) is 29.1 Å². The molecule has 252 valence electrons. The molecule has 2 heterocycles. The Morgan fingerprint density at radius 1 is 1.09 bits per heavy atom. The van der Waals surface area contributed by atoms with Crippen LogP contribution in [0, 0.1) is 22.2 Å². The molecule has 8 atom stereocenters. The van der Waals surface area contributed by atoms with Crippen molar-refractivity contribution in [2.24, 2.45) is 22.2 Å². The zero-order chi connectivity index (χ0) is 34.5. The van der Waals surface area contributed by atoms with Gasteiger partial charge in [-0.25, -0.2) is 9.59 Å². The molecule has 12 nitrogen and oxygen atoms in total. The van der Waals surface area contributed by atoms with Gasteiger partial charge in [-0.1, -0.05) is 32.9 Å². The largest absolute Gasteiger partial charge is 0.502 e. The minimum atomic E-state index is -1.83. The Hall–Kier alpha value is -4.35. The predicted octanol–water partition coefficient (Wildman–Crippen LogP) is 4.89. The van der Waals surface area contributed by atoms with Gasteiger partial charge in [0, 0.05) is 66.1 Å².